The number of carbonyl (C=O) groups is 1. The van der Waals surface area contributed by atoms with E-state index in [0.717, 1.165) is 0 Å². The molecule has 0 fully saturated rings. The van der Waals surface area contributed by atoms with Crippen molar-refractivity contribution in [2.24, 2.45) is 5.73 Å². The van der Waals surface area contributed by atoms with Crippen LogP contribution < -0.4 is 5.73 Å². The predicted octanol–water partition coefficient (Wildman–Crippen LogP) is 0.982. The normalized spacial score (nSPS) is 9.88. The lowest BCUT2D eigenvalue weighted by Crippen LogP contribution is -2.12. The summed E-state index contributed by atoms with van der Waals surface area (Å²) >= 11 is 0. The molecule has 1 aromatic heterocycles. The zero-order valence-electron chi connectivity index (χ0n) is 8.59. The number of halogens is 1. The molecule has 5 nitrogen and oxygen atoms in total. The quantitative estimate of drug-likeness (QED) is 0.834. The molecule has 2 N–H and O–H groups in total. The highest BCUT2D eigenvalue weighted by Crippen LogP contribution is 2.13. The smallest absolute Gasteiger partial charge is 0.269 e. The van der Waals surface area contributed by atoms with Crippen LogP contribution in [0.4, 0.5) is 4.39 Å². The Labute approximate surface area is 95.9 Å². The van der Waals surface area contributed by atoms with Crippen molar-refractivity contribution in [3.63, 3.8) is 0 Å². The zero-order valence-corrected chi connectivity index (χ0v) is 8.59. The number of hydrogen-bond donors (Lipinski definition) is 1. The molecule has 0 radical (unpaired) electrons. The van der Waals surface area contributed by atoms with Gasteiger partial charge in [-0.1, -0.05) is 0 Å². The minimum absolute atomic E-state index is 0.0846. The van der Waals surface area contributed by atoms with Gasteiger partial charge in [0.15, 0.2) is 0 Å². The van der Waals surface area contributed by atoms with Crippen molar-refractivity contribution in [2.75, 3.05) is 0 Å². The van der Waals surface area contributed by atoms with Gasteiger partial charge in [0, 0.05) is 6.20 Å². The number of nitrogens with zero attached hydrogens (tertiary/aromatic N) is 3. The summed E-state index contributed by atoms with van der Waals surface area (Å²) in [6, 6.07) is 7.13. The fraction of sp³-hybridized carbons (Fsp3) is 0. The molecule has 0 saturated heterocycles. The molecule has 0 aliphatic rings. The predicted molar refractivity (Wildman–Crippen MR) is 56.8 cm³/mol. The summed E-state index contributed by atoms with van der Waals surface area (Å²) < 4.78 is 14.4. The van der Waals surface area contributed by atoms with Crippen molar-refractivity contribution in [1.29, 1.82) is 5.26 Å². The van der Waals surface area contributed by atoms with Crippen LogP contribution in [0, 0.1) is 17.1 Å². The second kappa shape index (κ2) is 4.06. The molecule has 84 valence electrons. The number of nitriles is 1. The summed E-state index contributed by atoms with van der Waals surface area (Å²) in [5.74, 6) is -1.25. The Hall–Kier alpha value is -2.68. The summed E-state index contributed by atoms with van der Waals surface area (Å²) in [5, 5.41) is 12.6. The Kier molecular flexibility index (Phi) is 2.58. The van der Waals surface area contributed by atoms with Crippen molar-refractivity contribution in [3.05, 3.63) is 47.5 Å². The highest BCUT2D eigenvalue weighted by molar-refractivity contribution is 5.90. The van der Waals surface area contributed by atoms with Crippen molar-refractivity contribution in [2.45, 2.75) is 0 Å². The molecule has 0 aliphatic heterocycles. The topological polar surface area (TPSA) is 84.7 Å². The van der Waals surface area contributed by atoms with Gasteiger partial charge in [0.05, 0.1) is 11.3 Å². The third-order valence-corrected chi connectivity index (χ3v) is 2.18. The van der Waals surface area contributed by atoms with E-state index in [-0.39, 0.29) is 11.3 Å². The van der Waals surface area contributed by atoms with Crippen LogP contribution >= 0.6 is 0 Å². The first-order valence-corrected chi connectivity index (χ1v) is 4.67. The van der Waals surface area contributed by atoms with Gasteiger partial charge in [0.2, 0.25) is 0 Å². The number of hydrogen-bond acceptors (Lipinski definition) is 3. The highest BCUT2D eigenvalue weighted by atomic mass is 19.1. The Morgan fingerprint density at radius 1 is 1.47 bits per heavy atom. The van der Waals surface area contributed by atoms with E-state index >= 15 is 0 Å². The van der Waals surface area contributed by atoms with Crippen LogP contribution in [0.25, 0.3) is 5.69 Å². The Balaban J connectivity index is 2.46. The standard InChI is InChI=1S/C11H7FN4O/c12-9-2-1-8(5-7(9)6-13)16-4-3-10(15-16)11(14)17/h1-5H,(H2,14,17). The van der Waals surface area contributed by atoms with Crippen LogP contribution in [0.5, 0.6) is 0 Å². The molecule has 2 aromatic rings. The van der Waals surface area contributed by atoms with Gasteiger partial charge in [-0.15, -0.1) is 0 Å². The van der Waals surface area contributed by atoms with Crippen molar-refractivity contribution in [3.8, 4) is 11.8 Å². The number of amides is 1. The summed E-state index contributed by atoms with van der Waals surface area (Å²) in [5.41, 5.74) is 5.56. The van der Waals surface area contributed by atoms with E-state index in [1.165, 1.54) is 35.1 Å². The van der Waals surface area contributed by atoms with Gasteiger partial charge in [0.25, 0.3) is 5.91 Å². The van der Waals surface area contributed by atoms with Crippen molar-refractivity contribution < 1.29 is 9.18 Å². The fourth-order valence-electron chi connectivity index (χ4n) is 1.34. The Bertz CT molecular complexity index is 627. The second-order valence-corrected chi connectivity index (χ2v) is 3.29. The molecule has 17 heavy (non-hydrogen) atoms. The van der Waals surface area contributed by atoms with Crippen LogP contribution in [0.15, 0.2) is 30.5 Å². The average Bonchev–Trinajstić information content (AvgIpc) is 2.79. The van der Waals surface area contributed by atoms with Gasteiger partial charge in [-0.2, -0.15) is 10.4 Å². The molecule has 0 atom stereocenters. The van der Waals surface area contributed by atoms with E-state index in [2.05, 4.69) is 5.10 Å². The molecule has 0 aliphatic carbocycles. The van der Waals surface area contributed by atoms with Gasteiger partial charge in [-0.05, 0) is 24.3 Å². The Morgan fingerprint density at radius 2 is 2.24 bits per heavy atom. The molecular formula is C11H7FN4O. The average molecular weight is 230 g/mol. The van der Waals surface area contributed by atoms with E-state index in [0.29, 0.717) is 5.69 Å². The first kappa shape index (κ1) is 10.8. The molecule has 1 heterocycles. The third-order valence-electron chi connectivity index (χ3n) is 2.18. The van der Waals surface area contributed by atoms with Crippen molar-refractivity contribution >= 4 is 5.91 Å². The molecular weight excluding hydrogens is 223 g/mol. The van der Waals surface area contributed by atoms with Crippen LogP contribution in [0.1, 0.15) is 16.1 Å². The second-order valence-electron chi connectivity index (χ2n) is 3.29. The number of nitrogens with two attached hydrogens (primary N) is 1. The summed E-state index contributed by atoms with van der Waals surface area (Å²) in [6.45, 7) is 0. The zero-order chi connectivity index (χ0) is 12.4. The van der Waals surface area contributed by atoms with Gasteiger partial charge in [-0.3, -0.25) is 4.79 Å². The first-order valence-electron chi connectivity index (χ1n) is 4.67. The molecule has 0 saturated carbocycles. The minimum atomic E-state index is -0.647. The Morgan fingerprint density at radius 3 is 2.82 bits per heavy atom. The molecule has 1 amide bonds. The van der Waals surface area contributed by atoms with Gasteiger partial charge in [0.1, 0.15) is 17.6 Å². The van der Waals surface area contributed by atoms with E-state index in [9.17, 15) is 9.18 Å². The molecule has 0 bridgehead atoms. The largest absolute Gasteiger partial charge is 0.364 e. The summed E-state index contributed by atoms with van der Waals surface area (Å²) in [4.78, 5) is 10.9. The van der Waals surface area contributed by atoms with Gasteiger partial charge in [-0.25, -0.2) is 9.07 Å². The minimum Gasteiger partial charge on any atom is -0.364 e. The lowest BCUT2D eigenvalue weighted by Gasteiger charge is -2.01. The van der Waals surface area contributed by atoms with E-state index < -0.39 is 11.7 Å². The number of carbonyl (C=O) groups excluding carboxylic acids is 1. The summed E-state index contributed by atoms with van der Waals surface area (Å²) in [7, 11) is 0. The number of primary amides is 1. The molecule has 6 heteroatoms. The first-order chi connectivity index (χ1) is 8.11. The monoisotopic (exact) mass is 230 g/mol. The maximum atomic E-state index is 13.1. The molecule has 2 rings (SSSR count). The SMILES string of the molecule is N#Cc1cc(-n2ccc(C(N)=O)n2)ccc1F. The molecule has 0 spiro atoms. The van der Waals surface area contributed by atoms with Crippen LogP contribution in [0.2, 0.25) is 0 Å². The van der Waals surface area contributed by atoms with E-state index in [1.807, 2.05) is 0 Å². The van der Waals surface area contributed by atoms with E-state index in [1.54, 1.807) is 6.07 Å². The highest BCUT2D eigenvalue weighted by Gasteiger charge is 2.08. The molecule has 0 unspecified atom stereocenters. The van der Waals surface area contributed by atoms with Gasteiger partial charge < -0.3 is 5.73 Å². The maximum absolute atomic E-state index is 13.1. The molecule has 1 aromatic carbocycles. The van der Waals surface area contributed by atoms with E-state index in [4.69, 9.17) is 11.0 Å². The van der Waals surface area contributed by atoms with Gasteiger partial charge >= 0.3 is 0 Å². The summed E-state index contributed by atoms with van der Waals surface area (Å²) in [6.07, 6.45) is 1.51. The fourth-order valence-corrected chi connectivity index (χ4v) is 1.34. The van der Waals surface area contributed by atoms with Crippen LogP contribution in [-0.4, -0.2) is 15.7 Å². The number of benzene rings is 1. The van der Waals surface area contributed by atoms with Crippen molar-refractivity contribution in [1.82, 2.24) is 9.78 Å². The van der Waals surface area contributed by atoms with Crippen LogP contribution in [-0.2, 0) is 0 Å². The third kappa shape index (κ3) is 1.99. The lowest BCUT2D eigenvalue weighted by molar-refractivity contribution is 0.0995. The maximum Gasteiger partial charge on any atom is 0.269 e. The van der Waals surface area contributed by atoms with Crippen LogP contribution in [0.3, 0.4) is 0 Å². The lowest BCUT2D eigenvalue weighted by atomic mass is 10.2. The number of rotatable bonds is 2. The number of aromatic nitrogens is 2.